The highest BCUT2D eigenvalue weighted by molar-refractivity contribution is 6.13. The van der Waals surface area contributed by atoms with E-state index in [-0.39, 0.29) is 11.9 Å². The molecule has 1 amide bonds. The Morgan fingerprint density at radius 3 is 2.89 bits per heavy atom. The van der Waals surface area contributed by atoms with Gasteiger partial charge in [0.05, 0.1) is 17.1 Å². The number of carbonyl (C=O) groups excluding carboxylic acids is 1. The van der Waals surface area contributed by atoms with Gasteiger partial charge in [-0.25, -0.2) is 4.98 Å². The highest BCUT2D eigenvalue weighted by atomic mass is 16.2. The fourth-order valence-corrected chi connectivity index (χ4v) is 4.28. The van der Waals surface area contributed by atoms with Crippen molar-refractivity contribution in [3.63, 3.8) is 0 Å². The van der Waals surface area contributed by atoms with Crippen LogP contribution in [0.4, 0.5) is 5.69 Å². The maximum Gasteiger partial charge on any atom is 0.241 e. The SMILES string of the molecule is Cc1c2ccccc2nc2c1c1cc(NC(=O)[C@@H]3CCCN3)ccc1n2C. The van der Waals surface area contributed by atoms with Crippen LogP contribution in [0.2, 0.25) is 0 Å². The Hall–Kier alpha value is -2.92. The lowest BCUT2D eigenvalue weighted by molar-refractivity contribution is -0.117. The number of rotatable bonds is 2. The summed E-state index contributed by atoms with van der Waals surface area (Å²) >= 11 is 0. The predicted octanol–water partition coefficient (Wildman–Crippen LogP) is 3.88. The van der Waals surface area contributed by atoms with Crippen molar-refractivity contribution < 1.29 is 4.79 Å². The van der Waals surface area contributed by atoms with E-state index in [0.717, 1.165) is 52.5 Å². The first-order chi connectivity index (χ1) is 13.1. The maximum absolute atomic E-state index is 12.5. The van der Waals surface area contributed by atoms with Gasteiger partial charge in [-0.1, -0.05) is 18.2 Å². The molecular weight excluding hydrogens is 336 g/mol. The lowest BCUT2D eigenvalue weighted by Crippen LogP contribution is -2.35. The van der Waals surface area contributed by atoms with Gasteiger partial charge in [0.1, 0.15) is 5.65 Å². The van der Waals surface area contributed by atoms with E-state index in [1.165, 1.54) is 10.9 Å². The van der Waals surface area contributed by atoms with Gasteiger partial charge in [-0.05, 0) is 56.1 Å². The molecule has 5 rings (SSSR count). The number of fused-ring (bicyclic) bond motifs is 4. The monoisotopic (exact) mass is 358 g/mol. The van der Waals surface area contributed by atoms with Crippen LogP contribution >= 0.6 is 0 Å². The Morgan fingerprint density at radius 2 is 2.07 bits per heavy atom. The van der Waals surface area contributed by atoms with Gasteiger partial charge >= 0.3 is 0 Å². The van der Waals surface area contributed by atoms with Crippen LogP contribution in [0.5, 0.6) is 0 Å². The lowest BCUT2D eigenvalue weighted by atomic mass is 10.0. The molecule has 1 atom stereocenters. The molecular formula is C22H22N4O. The number of nitrogens with one attached hydrogen (secondary N) is 2. The van der Waals surface area contributed by atoms with E-state index >= 15 is 0 Å². The quantitative estimate of drug-likeness (QED) is 0.572. The molecule has 2 N–H and O–H groups in total. The molecule has 0 bridgehead atoms. The number of benzene rings is 2. The summed E-state index contributed by atoms with van der Waals surface area (Å²) in [6.45, 7) is 3.07. The molecule has 2 aromatic carbocycles. The van der Waals surface area contributed by atoms with Gasteiger partial charge in [-0.3, -0.25) is 4.79 Å². The van der Waals surface area contributed by atoms with Crippen LogP contribution in [-0.4, -0.2) is 28.0 Å². The number of anilines is 1. The van der Waals surface area contributed by atoms with Crippen molar-refractivity contribution in [1.29, 1.82) is 0 Å². The zero-order valence-electron chi connectivity index (χ0n) is 15.5. The van der Waals surface area contributed by atoms with Crippen molar-refractivity contribution >= 4 is 44.4 Å². The Bertz CT molecular complexity index is 1200. The molecule has 5 heteroatoms. The van der Waals surface area contributed by atoms with Gasteiger partial charge in [0.2, 0.25) is 5.91 Å². The summed E-state index contributed by atoms with van der Waals surface area (Å²) in [7, 11) is 2.05. The molecule has 1 aliphatic rings. The van der Waals surface area contributed by atoms with Gasteiger partial charge in [0, 0.05) is 28.9 Å². The van der Waals surface area contributed by atoms with Crippen molar-refractivity contribution in [2.45, 2.75) is 25.8 Å². The highest BCUT2D eigenvalue weighted by Crippen LogP contribution is 2.34. The number of nitrogens with zero attached hydrogens (tertiary/aromatic N) is 2. The zero-order chi connectivity index (χ0) is 18.5. The first-order valence-electron chi connectivity index (χ1n) is 9.45. The standard InChI is InChI=1S/C22H22N4O/c1-13-15-6-3-4-7-17(15)25-21-20(13)16-12-14(9-10-19(16)26(21)2)24-22(27)18-8-5-11-23-18/h3-4,6-7,9-10,12,18,23H,5,8,11H2,1-2H3,(H,24,27)/t18-/m0/s1. The van der Waals surface area contributed by atoms with E-state index in [9.17, 15) is 4.79 Å². The van der Waals surface area contributed by atoms with E-state index in [4.69, 9.17) is 4.98 Å². The highest BCUT2D eigenvalue weighted by Gasteiger charge is 2.22. The number of amides is 1. The van der Waals surface area contributed by atoms with E-state index in [1.54, 1.807) is 0 Å². The smallest absolute Gasteiger partial charge is 0.241 e. The second-order valence-corrected chi connectivity index (χ2v) is 7.38. The second-order valence-electron chi connectivity index (χ2n) is 7.38. The molecule has 136 valence electrons. The molecule has 27 heavy (non-hydrogen) atoms. The van der Waals surface area contributed by atoms with E-state index in [2.05, 4.69) is 46.4 Å². The first-order valence-corrected chi connectivity index (χ1v) is 9.45. The fourth-order valence-electron chi connectivity index (χ4n) is 4.28. The molecule has 2 aromatic heterocycles. The molecule has 4 aromatic rings. The fraction of sp³-hybridized carbons (Fsp3) is 0.273. The summed E-state index contributed by atoms with van der Waals surface area (Å²) in [6.07, 6.45) is 1.95. The molecule has 0 aliphatic carbocycles. The van der Waals surface area contributed by atoms with Crippen molar-refractivity contribution in [3.8, 4) is 0 Å². The second kappa shape index (κ2) is 6.06. The minimum absolute atomic E-state index is 0.0485. The molecule has 1 fully saturated rings. The zero-order valence-corrected chi connectivity index (χ0v) is 15.5. The third kappa shape index (κ3) is 2.50. The van der Waals surface area contributed by atoms with Crippen LogP contribution in [0, 0.1) is 6.92 Å². The third-order valence-corrected chi connectivity index (χ3v) is 5.72. The Labute approximate surface area is 157 Å². The van der Waals surface area contributed by atoms with Crippen LogP contribution in [0.25, 0.3) is 32.8 Å². The molecule has 1 aliphatic heterocycles. The van der Waals surface area contributed by atoms with Crippen LogP contribution in [0.1, 0.15) is 18.4 Å². The van der Waals surface area contributed by atoms with Crippen molar-refractivity contribution in [2.75, 3.05) is 11.9 Å². The van der Waals surface area contributed by atoms with Crippen LogP contribution in [0.15, 0.2) is 42.5 Å². The molecule has 0 radical (unpaired) electrons. The van der Waals surface area contributed by atoms with Crippen LogP contribution in [-0.2, 0) is 11.8 Å². The van der Waals surface area contributed by atoms with Gasteiger partial charge in [-0.15, -0.1) is 0 Å². The van der Waals surface area contributed by atoms with Crippen LogP contribution in [0.3, 0.4) is 0 Å². The van der Waals surface area contributed by atoms with E-state index in [1.807, 2.05) is 25.2 Å². The van der Waals surface area contributed by atoms with Gasteiger partial charge in [-0.2, -0.15) is 0 Å². The number of hydrogen-bond acceptors (Lipinski definition) is 3. The number of aryl methyl sites for hydroxylation is 2. The number of hydrogen-bond donors (Lipinski definition) is 2. The van der Waals surface area contributed by atoms with E-state index in [0.29, 0.717) is 0 Å². The minimum Gasteiger partial charge on any atom is -0.328 e. The van der Waals surface area contributed by atoms with Crippen molar-refractivity contribution in [1.82, 2.24) is 14.9 Å². The number of pyridine rings is 1. The summed E-state index contributed by atoms with van der Waals surface area (Å²) in [6, 6.07) is 14.3. The normalized spacial score (nSPS) is 17.2. The minimum atomic E-state index is -0.0828. The van der Waals surface area contributed by atoms with Gasteiger partial charge in [0.15, 0.2) is 0 Å². The van der Waals surface area contributed by atoms with Crippen molar-refractivity contribution in [3.05, 3.63) is 48.0 Å². The van der Waals surface area contributed by atoms with Gasteiger partial charge < -0.3 is 15.2 Å². The number of aromatic nitrogens is 2. The van der Waals surface area contributed by atoms with Crippen LogP contribution < -0.4 is 10.6 Å². The third-order valence-electron chi connectivity index (χ3n) is 5.72. The Morgan fingerprint density at radius 1 is 1.22 bits per heavy atom. The largest absolute Gasteiger partial charge is 0.328 e. The first kappa shape index (κ1) is 16.3. The molecule has 0 spiro atoms. The molecule has 0 saturated carbocycles. The maximum atomic E-state index is 12.5. The Balaban J connectivity index is 1.68. The molecule has 0 unspecified atom stereocenters. The molecule has 5 nitrogen and oxygen atoms in total. The average Bonchev–Trinajstić information content (AvgIpc) is 3.30. The summed E-state index contributed by atoms with van der Waals surface area (Å²) in [5, 5.41) is 9.77. The van der Waals surface area contributed by atoms with Gasteiger partial charge in [0.25, 0.3) is 0 Å². The molecule has 1 saturated heterocycles. The summed E-state index contributed by atoms with van der Waals surface area (Å²) in [4.78, 5) is 17.4. The van der Waals surface area contributed by atoms with Crippen molar-refractivity contribution in [2.24, 2.45) is 7.05 Å². The van der Waals surface area contributed by atoms with E-state index < -0.39 is 0 Å². The predicted molar refractivity (Wildman–Crippen MR) is 110 cm³/mol. The summed E-state index contributed by atoms with van der Waals surface area (Å²) in [5.74, 6) is 0.0485. The number of carbonyl (C=O) groups is 1. The number of para-hydroxylation sites is 1. The summed E-state index contributed by atoms with van der Waals surface area (Å²) < 4.78 is 2.13. The lowest BCUT2D eigenvalue weighted by Gasteiger charge is -2.11. The topological polar surface area (TPSA) is 59.0 Å². The Kier molecular flexibility index (Phi) is 3.65. The summed E-state index contributed by atoms with van der Waals surface area (Å²) in [5.41, 5.74) is 5.16. The average molecular weight is 358 g/mol. The molecule has 3 heterocycles.